The number of nitrogens with zero attached hydrogens (tertiary/aromatic N) is 3. The smallest absolute Gasteiger partial charge is 0.213 e. The maximum atomic E-state index is 11.7. The molecule has 0 bridgehead atoms. The van der Waals surface area contributed by atoms with Crippen LogP contribution in [0.15, 0.2) is 4.99 Å². The van der Waals surface area contributed by atoms with Gasteiger partial charge in [0.1, 0.15) is 0 Å². The molecule has 0 aromatic carbocycles. The van der Waals surface area contributed by atoms with Gasteiger partial charge in [-0.25, -0.2) is 12.7 Å². The minimum atomic E-state index is -3.11. The van der Waals surface area contributed by atoms with E-state index in [1.54, 1.807) is 14.0 Å². The SMILES string of the molecule is CCNC(=NCC(C)(C)N1CCOCC1)NCCCN(C)S(=O)(=O)CC.I. The zero-order chi connectivity index (χ0) is 19.6. The molecule has 1 heterocycles. The zero-order valence-corrected chi connectivity index (χ0v) is 20.6. The normalized spacial score (nSPS) is 16.9. The molecule has 1 fully saturated rings. The first kappa shape index (κ1) is 26.8. The van der Waals surface area contributed by atoms with Crippen LogP contribution in [0.3, 0.4) is 0 Å². The van der Waals surface area contributed by atoms with Crippen molar-refractivity contribution in [3.8, 4) is 0 Å². The van der Waals surface area contributed by atoms with Crippen LogP contribution in [0.4, 0.5) is 0 Å². The first-order valence-corrected chi connectivity index (χ1v) is 11.1. The zero-order valence-electron chi connectivity index (χ0n) is 17.5. The Bertz CT molecular complexity index is 537. The number of ether oxygens (including phenoxy) is 1. The van der Waals surface area contributed by atoms with Crippen molar-refractivity contribution in [2.24, 2.45) is 4.99 Å². The molecule has 1 saturated heterocycles. The van der Waals surface area contributed by atoms with Crippen LogP contribution in [0.5, 0.6) is 0 Å². The van der Waals surface area contributed by atoms with E-state index in [1.807, 2.05) is 6.92 Å². The highest BCUT2D eigenvalue weighted by Crippen LogP contribution is 2.16. The first-order valence-electron chi connectivity index (χ1n) is 9.52. The summed E-state index contributed by atoms with van der Waals surface area (Å²) in [5.74, 6) is 0.910. The second-order valence-corrected chi connectivity index (χ2v) is 9.47. The van der Waals surface area contributed by atoms with Gasteiger partial charge >= 0.3 is 0 Å². The van der Waals surface area contributed by atoms with Crippen molar-refractivity contribution in [3.05, 3.63) is 0 Å². The summed E-state index contributed by atoms with van der Waals surface area (Å²) in [6.45, 7) is 14.2. The summed E-state index contributed by atoms with van der Waals surface area (Å²) < 4.78 is 30.3. The summed E-state index contributed by atoms with van der Waals surface area (Å²) in [6.07, 6.45) is 0.729. The van der Waals surface area contributed by atoms with Gasteiger partial charge in [0.2, 0.25) is 10.0 Å². The average molecular weight is 519 g/mol. The van der Waals surface area contributed by atoms with Crippen molar-refractivity contribution in [1.29, 1.82) is 0 Å². The Hall–Kier alpha value is -0.170. The monoisotopic (exact) mass is 519 g/mol. The maximum Gasteiger partial charge on any atom is 0.213 e. The Morgan fingerprint density at radius 2 is 1.85 bits per heavy atom. The third-order valence-corrected chi connectivity index (χ3v) is 6.48. The molecular weight excluding hydrogens is 481 g/mol. The van der Waals surface area contributed by atoms with E-state index in [9.17, 15) is 8.42 Å². The molecular formula is C17H38IN5O3S. The first-order chi connectivity index (χ1) is 12.2. The Morgan fingerprint density at radius 1 is 1.22 bits per heavy atom. The Labute approximate surface area is 182 Å². The number of halogens is 1. The van der Waals surface area contributed by atoms with Crippen molar-refractivity contribution in [1.82, 2.24) is 19.8 Å². The van der Waals surface area contributed by atoms with Gasteiger partial charge in [0.05, 0.1) is 25.5 Å². The van der Waals surface area contributed by atoms with Crippen LogP contribution in [-0.2, 0) is 14.8 Å². The minimum Gasteiger partial charge on any atom is -0.379 e. The van der Waals surface area contributed by atoms with Crippen molar-refractivity contribution in [2.45, 2.75) is 39.7 Å². The predicted molar refractivity (Wildman–Crippen MR) is 123 cm³/mol. The molecule has 0 aromatic heterocycles. The lowest BCUT2D eigenvalue weighted by Gasteiger charge is -2.39. The van der Waals surface area contributed by atoms with Gasteiger partial charge in [0, 0.05) is 45.3 Å². The van der Waals surface area contributed by atoms with Gasteiger partial charge in [-0.2, -0.15) is 0 Å². The number of rotatable bonds is 10. The fraction of sp³-hybridized carbons (Fsp3) is 0.941. The highest BCUT2D eigenvalue weighted by atomic mass is 127. The van der Waals surface area contributed by atoms with Crippen molar-refractivity contribution in [3.63, 3.8) is 0 Å². The van der Waals surface area contributed by atoms with Crippen LogP contribution in [-0.4, -0.2) is 94.4 Å². The third kappa shape index (κ3) is 9.73. The summed E-state index contributed by atoms with van der Waals surface area (Å²) in [4.78, 5) is 7.13. The molecule has 2 N–H and O–H groups in total. The lowest BCUT2D eigenvalue weighted by Crippen LogP contribution is -2.52. The van der Waals surface area contributed by atoms with E-state index in [0.717, 1.165) is 45.2 Å². The summed E-state index contributed by atoms with van der Waals surface area (Å²) in [6, 6.07) is 0. The molecule has 27 heavy (non-hydrogen) atoms. The summed E-state index contributed by atoms with van der Waals surface area (Å²) in [5.41, 5.74) is -0.0262. The molecule has 162 valence electrons. The standard InChI is InChI=1S/C17H37N5O3S.HI/c1-6-18-16(19-9-8-10-21(5)26(23,24)7-2)20-15-17(3,4)22-11-13-25-14-12-22;/h6-15H2,1-5H3,(H2,18,19,20);1H. The van der Waals surface area contributed by atoms with Crippen LogP contribution < -0.4 is 10.6 Å². The summed E-state index contributed by atoms with van der Waals surface area (Å²) >= 11 is 0. The molecule has 0 amide bonds. The number of hydrogen-bond donors (Lipinski definition) is 2. The van der Waals surface area contributed by atoms with Gasteiger partial charge in [-0.1, -0.05) is 0 Å². The summed E-state index contributed by atoms with van der Waals surface area (Å²) in [7, 11) is -1.48. The van der Waals surface area contributed by atoms with E-state index >= 15 is 0 Å². The van der Waals surface area contributed by atoms with Crippen molar-refractivity contribution in [2.75, 3.05) is 65.3 Å². The largest absolute Gasteiger partial charge is 0.379 e. The Kier molecular flexibility index (Phi) is 13.0. The van der Waals surface area contributed by atoms with Gasteiger partial charge < -0.3 is 15.4 Å². The van der Waals surface area contributed by atoms with E-state index in [2.05, 4.69) is 29.4 Å². The quantitative estimate of drug-likeness (QED) is 0.194. The van der Waals surface area contributed by atoms with Crippen molar-refractivity contribution >= 4 is 40.0 Å². The highest BCUT2D eigenvalue weighted by Gasteiger charge is 2.28. The molecule has 1 aliphatic rings. The molecule has 0 spiro atoms. The number of sulfonamides is 1. The van der Waals surface area contributed by atoms with Gasteiger partial charge in [-0.3, -0.25) is 9.89 Å². The molecule has 10 heteroatoms. The number of nitrogens with one attached hydrogen (secondary N) is 2. The fourth-order valence-corrected chi connectivity index (χ4v) is 3.60. The van der Waals surface area contributed by atoms with Gasteiger partial charge in [-0.15, -0.1) is 24.0 Å². The predicted octanol–water partition coefficient (Wildman–Crippen LogP) is 0.942. The molecule has 0 atom stereocenters. The van der Waals surface area contributed by atoms with E-state index in [4.69, 9.17) is 9.73 Å². The maximum absolute atomic E-state index is 11.7. The molecule has 0 aliphatic carbocycles. The lowest BCUT2D eigenvalue weighted by molar-refractivity contribution is -0.00683. The number of guanidine groups is 1. The fourth-order valence-electron chi connectivity index (χ4n) is 2.75. The lowest BCUT2D eigenvalue weighted by atomic mass is 10.0. The second-order valence-electron chi connectivity index (χ2n) is 7.11. The van der Waals surface area contributed by atoms with Crippen LogP contribution in [0, 0.1) is 0 Å². The number of hydrogen-bond acceptors (Lipinski definition) is 5. The number of morpholine rings is 1. The molecule has 1 aliphatic heterocycles. The van der Waals surface area contributed by atoms with E-state index in [1.165, 1.54) is 4.31 Å². The third-order valence-electron chi connectivity index (χ3n) is 4.62. The molecule has 0 unspecified atom stereocenters. The van der Waals surface area contributed by atoms with Gasteiger partial charge in [0.25, 0.3) is 0 Å². The van der Waals surface area contributed by atoms with E-state index < -0.39 is 10.0 Å². The molecule has 0 radical (unpaired) electrons. The highest BCUT2D eigenvalue weighted by molar-refractivity contribution is 14.0. The molecule has 0 aromatic rings. The van der Waals surface area contributed by atoms with E-state index in [-0.39, 0.29) is 35.3 Å². The topological polar surface area (TPSA) is 86.3 Å². The second kappa shape index (κ2) is 13.1. The van der Waals surface area contributed by atoms with Gasteiger partial charge in [-0.05, 0) is 34.1 Å². The molecule has 0 saturated carbocycles. The summed E-state index contributed by atoms with van der Waals surface area (Å²) in [5, 5.41) is 6.55. The van der Waals surface area contributed by atoms with Crippen molar-refractivity contribution < 1.29 is 13.2 Å². The van der Waals surface area contributed by atoms with E-state index in [0.29, 0.717) is 19.6 Å². The Morgan fingerprint density at radius 3 is 2.41 bits per heavy atom. The van der Waals surface area contributed by atoms with Crippen LogP contribution in [0.2, 0.25) is 0 Å². The number of aliphatic imine (C=N–C) groups is 1. The van der Waals surface area contributed by atoms with Crippen LogP contribution in [0.1, 0.15) is 34.1 Å². The molecule has 8 nitrogen and oxygen atoms in total. The van der Waals surface area contributed by atoms with Crippen LogP contribution >= 0.6 is 24.0 Å². The van der Waals surface area contributed by atoms with Crippen LogP contribution in [0.25, 0.3) is 0 Å². The Balaban J connectivity index is 0.00000676. The van der Waals surface area contributed by atoms with Gasteiger partial charge in [0.15, 0.2) is 5.96 Å². The average Bonchev–Trinajstić information content (AvgIpc) is 2.63. The molecule has 1 rings (SSSR count). The minimum absolute atomic E-state index is 0.